The summed E-state index contributed by atoms with van der Waals surface area (Å²) < 4.78 is 36.5. The van der Waals surface area contributed by atoms with Crippen LogP contribution in [-0.4, -0.2) is 42.7 Å². The molecule has 0 unspecified atom stereocenters. The molecule has 0 saturated heterocycles. The number of ether oxygens (including phenoxy) is 1. The number of hydrogen-bond donors (Lipinski definition) is 2. The number of aromatic nitrogens is 1. The predicted molar refractivity (Wildman–Crippen MR) is 169 cm³/mol. The molecule has 0 radical (unpaired) electrons. The Morgan fingerprint density at radius 2 is 1.70 bits per heavy atom. The molecule has 5 rings (SSSR count). The normalized spacial score (nSPS) is 11.6. The van der Waals surface area contributed by atoms with Crippen molar-refractivity contribution in [2.75, 3.05) is 17.7 Å². The Hall–Kier alpha value is -4.93. The molecular weight excluding hydrogens is 604 g/mol. The van der Waals surface area contributed by atoms with Crippen LogP contribution in [0.2, 0.25) is 5.02 Å². The molecule has 4 aromatic carbocycles. The number of benzene rings is 4. The van der Waals surface area contributed by atoms with Gasteiger partial charge in [-0.2, -0.15) is 0 Å². The molecule has 0 aliphatic carbocycles. The number of halogens is 1. The van der Waals surface area contributed by atoms with E-state index in [1.165, 1.54) is 24.3 Å². The minimum atomic E-state index is -3.50. The first-order chi connectivity index (χ1) is 21.2. The molecule has 44 heavy (non-hydrogen) atoms. The van der Waals surface area contributed by atoms with Crippen molar-refractivity contribution in [3.63, 3.8) is 0 Å². The van der Waals surface area contributed by atoms with Crippen molar-refractivity contribution in [3.05, 3.63) is 119 Å². The number of carboxylic acid groups (broad SMARTS) is 1. The molecular formula is C33H27ClN2O7S. The van der Waals surface area contributed by atoms with Gasteiger partial charge in [-0.05, 0) is 90.7 Å². The molecule has 0 spiro atoms. The van der Waals surface area contributed by atoms with Crippen molar-refractivity contribution >= 4 is 62.3 Å². The molecule has 0 fully saturated rings. The van der Waals surface area contributed by atoms with E-state index in [4.69, 9.17) is 25.9 Å². The number of hydrogen-bond acceptors (Lipinski definition) is 7. The first-order valence-electron chi connectivity index (χ1n) is 13.6. The molecule has 1 amide bonds. The van der Waals surface area contributed by atoms with Crippen LogP contribution in [0.15, 0.2) is 100 Å². The Labute approximate surface area is 258 Å². The largest absolute Gasteiger partial charge is 0.480 e. The summed E-state index contributed by atoms with van der Waals surface area (Å²) in [5.74, 6) is -1.04. The Kier molecular flexibility index (Phi) is 9.42. The summed E-state index contributed by atoms with van der Waals surface area (Å²) in [6.07, 6.45) is 4.29. The minimum absolute atomic E-state index is 0.0825. The standard InChI is InChI=1S/C33H27ClN2O7S/c34-25-13-15-26(16-14-25)44(40,41)19-3-4-23-9-17-29(42-21-32(37)38)28(20-23)36-33(39)24-11-7-22(8-12-24)10-18-31-35-27-5-1-2-6-30(27)43-31/h1-2,5-18,20H,3-4,19,21H2,(H,36,39)(H,37,38). The van der Waals surface area contributed by atoms with Gasteiger partial charge in [0.15, 0.2) is 22.0 Å². The molecule has 0 bridgehead atoms. The maximum absolute atomic E-state index is 13.1. The number of rotatable bonds is 12. The van der Waals surface area contributed by atoms with Crippen molar-refractivity contribution in [2.24, 2.45) is 0 Å². The minimum Gasteiger partial charge on any atom is -0.480 e. The van der Waals surface area contributed by atoms with Gasteiger partial charge in [-0.25, -0.2) is 18.2 Å². The van der Waals surface area contributed by atoms with E-state index in [0.29, 0.717) is 34.9 Å². The van der Waals surface area contributed by atoms with Crippen LogP contribution in [0, 0.1) is 0 Å². The van der Waals surface area contributed by atoms with Gasteiger partial charge >= 0.3 is 5.97 Å². The van der Waals surface area contributed by atoms with Crippen LogP contribution in [0.3, 0.4) is 0 Å². The zero-order valence-electron chi connectivity index (χ0n) is 23.3. The number of para-hydroxylation sites is 2. The number of anilines is 1. The van der Waals surface area contributed by atoms with Gasteiger partial charge in [0.05, 0.1) is 16.3 Å². The van der Waals surface area contributed by atoms with E-state index in [1.54, 1.807) is 48.5 Å². The zero-order chi connectivity index (χ0) is 31.1. The third-order valence-corrected chi connectivity index (χ3v) is 8.66. The average molecular weight is 631 g/mol. The van der Waals surface area contributed by atoms with Crippen LogP contribution in [0.4, 0.5) is 5.69 Å². The van der Waals surface area contributed by atoms with Gasteiger partial charge in [-0.1, -0.05) is 41.9 Å². The van der Waals surface area contributed by atoms with E-state index in [0.717, 1.165) is 16.6 Å². The van der Waals surface area contributed by atoms with Gasteiger partial charge in [-0.3, -0.25) is 4.79 Å². The number of oxazole rings is 1. The van der Waals surface area contributed by atoms with Gasteiger partial charge < -0.3 is 19.6 Å². The highest BCUT2D eigenvalue weighted by atomic mass is 35.5. The van der Waals surface area contributed by atoms with E-state index in [1.807, 2.05) is 30.3 Å². The number of sulfone groups is 1. The maximum atomic E-state index is 13.1. The topological polar surface area (TPSA) is 136 Å². The summed E-state index contributed by atoms with van der Waals surface area (Å²) in [4.78, 5) is 28.8. The molecule has 5 aromatic rings. The van der Waals surface area contributed by atoms with Crippen molar-refractivity contribution in [1.29, 1.82) is 0 Å². The number of nitrogens with one attached hydrogen (secondary N) is 1. The Morgan fingerprint density at radius 1 is 0.955 bits per heavy atom. The second-order valence-corrected chi connectivity index (χ2v) is 12.4. The SMILES string of the molecule is O=C(O)COc1ccc(CCCS(=O)(=O)c2ccc(Cl)cc2)cc1NC(=O)c1ccc(C=Cc2nc3ccccc3o2)cc1. The van der Waals surface area contributed by atoms with E-state index in [-0.39, 0.29) is 22.1 Å². The number of fused-ring (bicyclic) bond motifs is 1. The quantitative estimate of drug-likeness (QED) is 0.154. The third-order valence-electron chi connectivity index (χ3n) is 6.60. The molecule has 1 aromatic heterocycles. The smallest absolute Gasteiger partial charge is 0.341 e. The number of carbonyl (C=O) groups is 2. The highest BCUT2D eigenvalue weighted by molar-refractivity contribution is 7.91. The van der Waals surface area contributed by atoms with Crippen LogP contribution < -0.4 is 10.1 Å². The fourth-order valence-electron chi connectivity index (χ4n) is 4.39. The zero-order valence-corrected chi connectivity index (χ0v) is 24.8. The van der Waals surface area contributed by atoms with Gasteiger partial charge in [0.1, 0.15) is 11.3 Å². The van der Waals surface area contributed by atoms with E-state index in [2.05, 4.69) is 10.3 Å². The van der Waals surface area contributed by atoms with Crippen molar-refractivity contribution < 1.29 is 32.3 Å². The third kappa shape index (κ3) is 7.91. The summed E-state index contributed by atoms with van der Waals surface area (Å²) in [6.45, 7) is -0.595. The van der Waals surface area contributed by atoms with Gasteiger partial charge in [0.25, 0.3) is 5.91 Å². The number of carbonyl (C=O) groups excluding carboxylic acids is 1. The average Bonchev–Trinajstić information content (AvgIpc) is 3.43. The molecule has 0 atom stereocenters. The van der Waals surface area contributed by atoms with Gasteiger partial charge in [0, 0.05) is 16.7 Å². The van der Waals surface area contributed by atoms with Crippen molar-refractivity contribution in [3.8, 4) is 5.75 Å². The summed E-state index contributed by atoms with van der Waals surface area (Å²) >= 11 is 5.87. The number of nitrogens with zero attached hydrogens (tertiary/aromatic N) is 1. The molecule has 224 valence electrons. The first kappa shape index (κ1) is 30.5. The highest BCUT2D eigenvalue weighted by Gasteiger charge is 2.16. The number of amides is 1. The molecule has 1 heterocycles. The summed E-state index contributed by atoms with van der Waals surface area (Å²) in [5.41, 5.74) is 3.66. The Balaban J connectivity index is 1.25. The van der Waals surface area contributed by atoms with Gasteiger partial charge in [-0.15, -0.1) is 0 Å². The van der Waals surface area contributed by atoms with Crippen LogP contribution >= 0.6 is 11.6 Å². The number of carboxylic acids is 1. The second-order valence-electron chi connectivity index (χ2n) is 9.82. The first-order valence-corrected chi connectivity index (χ1v) is 15.6. The lowest BCUT2D eigenvalue weighted by molar-refractivity contribution is -0.139. The lowest BCUT2D eigenvalue weighted by Crippen LogP contribution is -2.15. The molecule has 11 heteroatoms. The number of aryl methyl sites for hydroxylation is 1. The highest BCUT2D eigenvalue weighted by Crippen LogP contribution is 2.28. The molecule has 0 saturated carbocycles. The van der Waals surface area contributed by atoms with Crippen LogP contribution in [0.5, 0.6) is 5.75 Å². The van der Waals surface area contributed by atoms with Crippen molar-refractivity contribution in [1.82, 2.24) is 4.98 Å². The summed E-state index contributed by atoms with van der Waals surface area (Å²) in [6, 6.07) is 25.3. The summed E-state index contributed by atoms with van der Waals surface area (Å²) in [5, 5.41) is 12.3. The van der Waals surface area contributed by atoms with Crippen LogP contribution in [-0.2, 0) is 21.1 Å². The summed E-state index contributed by atoms with van der Waals surface area (Å²) in [7, 11) is -3.50. The fraction of sp³-hybridized carbons (Fsp3) is 0.121. The Morgan fingerprint density at radius 3 is 2.43 bits per heavy atom. The van der Waals surface area contributed by atoms with E-state index < -0.39 is 28.3 Å². The van der Waals surface area contributed by atoms with Crippen LogP contribution in [0.25, 0.3) is 23.3 Å². The van der Waals surface area contributed by atoms with Crippen LogP contribution in [0.1, 0.15) is 33.8 Å². The number of aliphatic carboxylic acids is 1. The fourth-order valence-corrected chi connectivity index (χ4v) is 5.83. The van der Waals surface area contributed by atoms with Gasteiger partial charge in [0.2, 0.25) is 5.89 Å². The van der Waals surface area contributed by atoms with E-state index >= 15 is 0 Å². The second kappa shape index (κ2) is 13.6. The molecule has 2 N–H and O–H groups in total. The maximum Gasteiger partial charge on any atom is 0.341 e. The Bertz CT molecular complexity index is 1900. The van der Waals surface area contributed by atoms with Crippen molar-refractivity contribution in [2.45, 2.75) is 17.7 Å². The lowest BCUT2D eigenvalue weighted by Gasteiger charge is -2.14. The monoisotopic (exact) mass is 630 g/mol. The lowest BCUT2D eigenvalue weighted by atomic mass is 10.1. The molecule has 0 aliphatic rings. The van der Waals surface area contributed by atoms with E-state index in [9.17, 15) is 18.0 Å². The predicted octanol–water partition coefficient (Wildman–Crippen LogP) is 6.77. The molecule has 0 aliphatic heterocycles. The molecule has 9 nitrogen and oxygen atoms in total.